The molecule has 0 saturated carbocycles. The van der Waals surface area contributed by atoms with Crippen LogP contribution in [0.3, 0.4) is 0 Å². The number of sulfonamides is 1. The lowest BCUT2D eigenvalue weighted by molar-refractivity contribution is -0.121. The van der Waals surface area contributed by atoms with Gasteiger partial charge in [-0.15, -0.1) is 0 Å². The topological polar surface area (TPSA) is 86.8 Å². The number of aryl methyl sites for hydroxylation is 2. The Bertz CT molecular complexity index is 1020. The van der Waals surface area contributed by atoms with Gasteiger partial charge in [0, 0.05) is 0 Å². The molecule has 0 spiro atoms. The van der Waals surface area contributed by atoms with Gasteiger partial charge in [-0.2, -0.15) is 0 Å². The molecule has 7 nitrogen and oxygen atoms in total. The maximum atomic E-state index is 13.0. The van der Waals surface area contributed by atoms with Gasteiger partial charge in [-0.05, 0) is 43.2 Å². The lowest BCUT2D eigenvalue weighted by Crippen LogP contribution is -2.48. The normalized spacial score (nSPS) is 13.7. The fourth-order valence-corrected chi connectivity index (χ4v) is 3.93. The van der Waals surface area contributed by atoms with E-state index in [2.05, 4.69) is 5.32 Å². The Labute approximate surface area is 158 Å². The number of fused-ring (bicyclic) bond motifs is 1. The summed E-state index contributed by atoms with van der Waals surface area (Å²) in [7, 11) is -3.70. The molecule has 0 saturated heterocycles. The number of carbonyl (C=O) groups excluding carboxylic acids is 2. The van der Waals surface area contributed by atoms with E-state index in [1.165, 1.54) is 4.90 Å². The Balaban J connectivity index is 1.97. The van der Waals surface area contributed by atoms with Gasteiger partial charge in [-0.1, -0.05) is 24.3 Å². The molecular formula is C19H21N3O4S. The molecule has 0 radical (unpaired) electrons. The molecule has 2 aromatic rings. The maximum Gasteiger partial charge on any atom is 0.248 e. The van der Waals surface area contributed by atoms with Crippen molar-refractivity contribution in [3.63, 3.8) is 0 Å². The summed E-state index contributed by atoms with van der Waals surface area (Å²) in [4.78, 5) is 26.2. The van der Waals surface area contributed by atoms with Gasteiger partial charge >= 0.3 is 0 Å². The Kier molecular flexibility index (Phi) is 4.93. The Hall–Kier alpha value is -2.87. The molecule has 1 aliphatic rings. The van der Waals surface area contributed by atoms with Gasteiger partial charge in [0.1, 0.15) is 13.1 Å². The average Bonchev–Trinajstić information content (AvgIpc) is 2.60. The molecule has 0 atom stereocenters. The predicted molar refractivity (Wildman–Crippen MR) is 106 cm³/mol. The summed E-state index contributed by atoms with van der Waals surface area (Å²) in [5.41, 5.74) is 3.17. The quantitative estimate of drug-likeness (QED) is 0.870. The van der Waals surface area contributed by atoms with E-state index in [1.54, 1.807) is 37.3 Å². The monoisotopic (exact) mass is 387 g/mol. The number of amides is 2. The SMILES string of the molecule is Cc1ccc(C)c(N(CC(=O)N2CC(=O)Nc3ccccc32)S(C)(=O)=O)c1. The second-order valence-corrected chi connectivity index (χ2v) is 8.51. The second-order valence-electron chi connectivity index (χ2n) is 6.60. The molecule has 0 fully saturated rings. The third-order valence-corrected chi connectivity index (χ3v) is 5.51. The van der Waals surface area contributed by atoms with Crippen molar-refractivity contribution in [2.24, 2.45) is 0 Å². The van der Waals surface area contributed by atoms with Crippen LogP contribution < -0.4 is 14.5 Å². The lowest BCUT2D eigenvalue weighted by Gasteiger charge is -2.31. The van der Waals surface area contributed by atoms with Crippen molar-refractivity contribution < 1.29 is 18.0 Å². The molecule has 0 unspecified atom stereocenters. The smallest absolute Gasteiger partial charge is 0.248 e. The number of carbonyl (C=O) groups is 2. The van der Waals surface area contributed by atoms with E-state index in [9.17, 15) is 18.0 Å². The number of nitrogens with zero attached hydrogens (tertiary/aromatic N) is 2. The van der Waals surface area contributed by atoms with Gasteiger partial charge in [0.2, 0.25) is 21.8 Å². The summed E-state index contributed by atoms with van der Waals surface area (Å²) in [5, 5.41) is 2.71. The van der Waals surface area contributed by atoms with Crippen molar-refractivity contribution in [1.29, 1.82) is 0 Å². The molecule has 8 heteroatoms. The van der Waals surface area contributed by atoms with Crippen LogP contribution in [0.2, 0.25) is 0 Å². The van der Waals surface area contributed by atoms with Gasteiger partial charge in [-0.3, -0.25) is 18.8 Å². The Morgan fingerprint density at radius 3 is 2.59 bits per heavy atom. The van der Waals surface area contributed by atoms with Gasteiger partial charge < -0.3 is 5.32 Å². The Morgan fingerprint density at radius 2 is 1.89 bits per heavy atom. The van der Waals surface area contributed by atoms with Gasteiger partial charge in [0.05, 0.1) is 23.3 Å². The molecule has 27 heavy (non-hydrogen) atoms. The number of rotatable bonds is 4. The van der Waals surface area contributed by atoms with Crippen LogP contribution in [0, 0.1) is 13.8 Å². The molecular weight excluding hydrogens is 366 g/mol. The summed E-state index contributed by atoms with van der Waals surface area (Å²) in [6, 6.07) is 12.4. The van der Waals surface area contributed by atoms with E-state index in [0.29, 0.717) is 17.1 Å². The third kappa shape index (κ3) is 3.95. The molecule has 142 valence electrons. The second kappa shape index (κ2) is 7.03. The van der Waals surface area contributed by atoms with E-state index in [-0.39, 0.29) is 19.0 Å². The molecule has 1 heterocycles. The van der Waals surface area contributed by atoms with Crippen LogP contribution in [0.25, 0.3) is 0 Å². The zero-order valence-corrected chi connectivity index (χ0v) is 16.2. The predicted octanol–water partition coefficient (Wildman–Crippen LogP) is 2.05. The highest BCUT2D eigenvalue weighted by Crippen LogP contribution is 2.30. The number of benzene rings is 2. The van der Waals surface area contributed by atoms with E-state index in [4.69, 9.17) is 0 Å². The molecule has 2 amide bonds. The van der Waals surface area contributed by atoms with Crippen LogP contribution >= 0.6 is 0 Å². The van der Waals surface area contributed by atoms with Crippen LogP contribution in [0.5, 0.6) is 0 Å². The van der Waals surface area contributed by atoms with Gasteiger partial charge in [0.15, 0.2) is 0 Å². The molecule has 0 aromatic heterocycles. The van der Waals surface area contributed by atoms with Gasteiger partial charge in [-0.25, -0.2) is 8.42 Å². The number of nitrogens with one attached hydrogen (secondary N) is 1. The minimum absolute atomic E-state index is 0.153. The summed E-state index contributed by atoms with van der Waals surface area (Å²) in [6.07, 6.45) is 1.07. The van der Waals surface area contributed by atoms with Crippen LogP contribution in [0.4, 0.5) is 17.1 Å². The van der Waals surface area contributed by atoms with Crippen molar-refractivity contribution in [3.8, 4) is 0 Å². The molecule has 1 aliphatic heterocycles. The fraction of sp³-hybridized carbons (Fsp3) is 0.263. The highest BCUT2D eigenvalue weighted by Gasteiger charge is 2.30. The van der Waals surface area contributed by atoms with E-state index in [1.807, 2.05) is 19.1 Å². The molecule has 3 rings (SSSR count). The van der Waals surface area contributed by atoms with Crippen LogP contribution in [-0.4, -0.2) is 39.6 Å². The van der Waals surface area contributed by atoms with E-state index in [0.717, 1.165) is 21.7 Å². The molecule has 1 N–H and O–H groups in total. The largest absolute Gasteiger partial charge is 0.323 e. The summed E-state index contributed by atoms with van der Waals surface area (Å²) < 4.78 is 25.9. The van der Waals surface area contributed by atoms with Crippen molar-refractivity contribution in [1.82, 2.24) is 0 Å². The average molecular weight is 387 g/mol. The number of anilines is 3. The van der Waals surface area contributed by atoms with Crippen LogP contribution in [0.1, 0.15) is 11.1 Å². The fourth-order valence-electron chi connectivity index (χ4n) is 3.03. The number of para-hydroxylation sites is 2. The minimum Gasteiger partial charge on any atom is -0.323 e. The molecule has 0 aliphatic carbocycles. The Morgan fingerprint density at radius 1 is 1.19 bits per heavy atom. The molecule has 2 aromatic carbocycles. The first-order chi connectivity index (χ1) is 12.7. The van der Waals surface area contributed by atoms with Gasteiger partial charge in [0.25, 0.3) is 0 Å². The van der Waals surface area contributed by atoms with E-state index < -0.39 is 15.9 Å². The zero-order chi connectivity index (χ0) is 19.8. The van der Waals surface area contributed by atoms with Crippen LogP contribution in [-0.2, 0) is 19.6 Å². The number of hydrogen-bond donors (Lipinski definition) is 1. The maximum absolute atomic E-state index is 13.0. The summed E-state index contributed by atoms with van der Waals surface area (Å²) >= 11 is 0. The first-order valence-electron chi connectivity index (χ1n) is 8.41. The summed E-state index contributed by atoms with van der Waals surface area (Å²) in [5.74, 6) is -0.789. The number of hydrogen-bond acceptors (Lipinski definition) is 4. The van der Waals surface area contributed by atoms with Crippen molar-refractivity contribution in [3.05, 3.63) is 53.6 Å². The van der Waals surface area contributed by atoms with Crippen LogP contribution in [0.15, 0.2) is 42.5 Å². The highest BCUT2D eigenvalue weighted by atomic mass is 32.2. The molecule has 0 bridgehead atoms. The van der Waals surface area contributed by atoms with Crippen molar-refractivity contribution in [2.45, 2.75) is 13.8 Å². The summed E-state index contributed by atoms with van der Waals surface area (Å²) in [6.45, 7) is 3.11. The van der Waals surface area contributed by atoms with Crippen molar-refractivity contribution in [2.75, 3.05) is 33.9 Å². The standard InChI is InChI=1S/C19H21N3O4S/c1-13-8-9-14(2)17(10-13)22(27(3,25)26)12-19(24)21-11-18(23)20-15-6-4-5-7-16(15)21/h4-10H,11-12H2,1-3H3,(H,20,23). The minimum atomic E-state index is -3.70. The van der Waals surface area contributed by atoms with E-state index >= 15 is 0 Å². The first kappa shape index (κ1) is 18.9. The third-order valence-electron chi connectivity index (χ3n) is 4.38. The first-order valence-corrected chi connectivity index (χ1v) is 10.3. The highest BCUT2D eigenvalue weighted by molar-refractivity contribution is 7.92. The lowest BCUT2D eigenvalue weighted by atomic mass is 10.1. The van der Waals surface area contributed by atoms with Crippen molar-refractivity contribution >= 4 is 38.9 Å². The zero-order valence-electron chi connectivity index (χ0n) is 15.4.